The van der Waals surface area contributed by atoms with Crippen LogP contribution in [0.1, 0.15) is 56.4 Å². The molecule has 7 nitrogen and oxygen atoms in total. The highest BCUT2D eigenvalue weighted by Gasteiger charge is 2.57. The normalized spacial score (nSPS) is 27.1. The molecule has 1 aromatic rings. The van der Waals surface area contributed by atoms with Crippen molar-refractivity contribution in [3.05, 3.63) is 35.9 Å². The molecular formula is C24H31N3O4. The average Bonchev–Trinajstić information content (AvgIpc) is 3.54. The van der Waals surface area contributed by atoms with Gasteiger partial charge in [-0.05, 0) is 24.3 Å². The first-order valence-electron chi connectivity index (χ1n) is 11.4. The molecule has 3 aliphatic rings. The molecule has 1 aliphatic heterocycles. The van der Waals surface area contributed by atoms with Crippen molar-refractivity contribution in [1.82, 2.24) is 10.2 Å². The Morgan fingerprint density at radius 3 is 2.58 bits per heavy atom. The molecule has 0 bridgehead atoms. The van der Waals surface area contributed by atoms with Crippen LogP contribution in [0.5, 0.6) is 0 Å². The molecule has 31 heavy (non-hydrogen) atoms. The molecule has 2 unspecified atom stereocenters. The zero-order chi connectivity index (χ0) is 21.7. The summed E-state index contributed by atoms with van der Waals surface area (Å²) in [7, 11) is 0. The molecule has 1 heterocycles. The summed E-state index contributed by atoms with van der Waals surface area (Å²) in [4.78, 5) is 27.7. The summed E-state index contributed by atoms with van der Waals surface area (Å²) in [6.45, 7) is 2.04. The van der Waals surface area contributed by atoms with Gasteiger partial charge in [0.15, 0.2) is 6.10 Å². The quantitative estimate of drug-likeness (QED) is 0.755. The molecule has 2 amide bonds. The largest absolute Gasteiger partial charge is 0.436 e. The van der Waals surface area contributed by atoms with E-state index in [4.69, 9.17) is 9.47 Å². The number of nitriles is 1. The number of benzene rings is 1. The van der Waals surface area contributed by atoms with Crippen LogP contribution >= 0.6 is 0 Å². The lowest BCUT2D eigenvalue weighted by Crippen LogP contribution is -2.49. The molecular weight excluding hydrogens is 394 g/mol. The van der Waals surface area contributed by atoms with E-state index in [0.29, 0.717) is 45.1 Å². The number of nitrogens with zero attached hydrogens (tertiary/aromatic N) is 2. The van der Waals surface area contributed by atoms with E-state index >= 15 is 0 Å². The van der Waals surface area contributed by atoms with Crippen LogP contribution in [0.3, 0.4) is 0 Å². The maximum absolute atomic E-state index is 13.1. The molecule has 2 saturated carbocycles. The fraction of sp³-hybridized carbons (Fsp3) is 0.625. The average molecular weight is 426 g/mol. The topological polar surface area (TPSA) is 91.7 Å². The van der Waals surface area contributed by atoms with Crippen molar-refractivity contribution < 1.29 is 19.1 Å². The summed E-state index contributed by atoms with van der Waals surface area (Å²) in [5, 5.41) is 12.5. The SMILES string of the molecule is N#CC1(NC(=O)O[C@@H](CC2CCCCC2)C(=O)N2CCOCC2)CC1c1ccccc1. The smallest absolute Gasteiger partial charge is 0.409 e. The van der Waals surface area contributed by atoms with Crippen LogP contribution < -0.4 is 5.32 Å². The Kier molecular flexibility index (Phi) is 6.77. The molecule has 0 spiro atoms. The Bertz CT molecular complexity index is 812. The van der Waals surface area contributed by atoms with Crippen molar-refractivity contribution in [3.63, 3.8) is 0 Å². The lowest BCUT2D eigenvalue weighted by Gasteiger charge is -2.32. The summed E-state index contributed by atoms with van der Waals surface area (Å²) >= 11 is 0. The molecule has 1 aromatic carbocycles. The third kappa shape index (κ3) is 5.19. The van der Waals surface area contributed by atoms with Gasteiger partial charge in [-0.25, -0.2) is 4.79 Å². The van der Waals surface area contributed by atoms with Crippen molar-refractivity contribution in [1.29, 1.82) is 5.26 Å². The van der Waals surface area contributed by atoms with E-state index in [1.54, 1.807) is 4.90 Å². The second-order valence-electron chi connectivity index (χ2n) is 8.95. The minimum atomic E-state index is -0.962. The molecule has 166 valence electrons. The van der Waals surface area contributed by atoms with Gasteiger partial charge in [-0.15, -0.1) is 0 Å². The maximum Gasteiger partial charge on any atom is 0.409 e. The van der Waals surface area contributed by atoms with Gasteiger partial charge in [0.05, 0.1) is 19.3 Å². The minimum absolute atomic E-state index is 0.0574. The van der Waals surface area contributed by atoms with Gasteiger partial charge in [-0.3, -0.25) is 4.79 Å². The zero-order valence-electron chi connectivity index (χ0n) is 17.9. The third-order valence-corrected chi connectivity index (χ3v) is 6.81. The van der Waals surface area contributed by atoms with E-state index in [0.717, 1.165) is 31.2 Å². The fourth-order valence-corrected chi connectivity index (χ4v) is 4.89. The second kappa shape index (κ2) is 9.69. The van der Waals surface area contributed by atoms with Crippen molar-refractivity contribution in [2.24, 2.45) is 5.92 Å². The lowest BCUT2D eigenvalue weighted by molar-refractivity contribution is -0.145. The van der Waals surface area contributed by atoms with Gasteiger partial charge >= 0.3 is 6.09 Å². The monoisotopic (exact) mass is 425 g/mol. The first kappa shape index (κ1) is 21.6. The molecule has 1 N–H and O–H groups in total. The number of hydrogen-bond acceptors (Lipinski definition) is 5. The summed E-state index contributed by atoms with van der Waals surface area (Å²) in [5.41, 5.74) is 0.0584. The number of amides is 2. The van der Waals surface area contributed by atoms with Gasteiger partial charge < -0.3 is 19.7 Å². The Balaban J connectivity index is 1.41. The first-order valence-corrected chi connectivity index (χ1v) is 11.4. The first-order chi connectivity index (χ1) is 15.1. The van der Waals surface area contributed by atoms with E-state index in [2.05, 4.69) is 11.4 Å². The van der Waals surface area contributed by atoms with Crippen LogP contribution in [0.4, 0.5) is 4.79 Å². The Morgan fingerprint density at radius 2 is 1.90 bits per heavy atom. The van der Waals surface area contributed by atoms with Gasteiger partial charge in [0, 0.05) is 19.0 Å². The molecule has 3 fully saturated rings. The molecule has 2 aliphatic carbocycles. The highest BCUT2D eigenvalue weighted by molar-refractivity contribution is 5.84. The van der Waals surface area contributed by atoms with E-state index in [9.17, 15) is 14.9 Å². The summed E-state index contributed by atoms with van der Waals surface area (Å²) in [6.07, 6.45) is 5.28. The Hall–Kier alpha value is -2.59. The van der Waals surface area contributed by atoms with Crippen molar-refractivity contribution in [3.8, 4) is 6.07 Å². The van der Waals surface area contributed by atoms with E-state index in [1.165, 1.54) is 6.42 Å². The standard InChI is InChI=1S/C24H31N3O4/c25-17-24(16-20(24)19-9-5-2-6-10-19)26-23(29)31-21(15-18-7-3-1-4-8-18)22(28)27-11-13-30-14-12-27/h2,5-6,9-10,18,20-21H,1,3-4,7-8,11-16H2,(H,26,29)/t20?,21-,24?/m0/s1. The Morgan fingerprint density at radius 1 is 1.19 bits per heavy atom. The van der Waals surface area contributed by atoms with E-state index in [1.807, 2.05) is 30.3 Å². The van der Waals surface area contributed by atoms with Gasteiger partial charge in [0.2, 0.25) is 0 Å². The predicted molar refractivity (Wildman–Crippen MR) is 114 cm³/mol. The van der Waals surface area contributed by atoms with Crippen LogP contribution in [0.15, 0.2) is 30.3 Å². The fourth-order valence-electron chi connectivity index (χ4n) is 4.89. The third-order valence-electron chi connectivity index (χ3n) is 6.81. The number of morpholine rings is 1. The van der Waals surface area contributed by atoms with Gasteiger partial charge in [0.1, 0.15) is 5.54 Å². The van der Waals surface area contributed by atoms with Crippen LogP contribution in [0.2, 0.25) is 0 Å². The molecule has 1 saturated heterocycles. The molecule has 3 atom stereocenters. The van der Waals surface area contributed by atoms with Crippen LogP contribution in [-0.2, 0) is 14.3 Å². The van der Waals surface area contributed by atoms with Gasteiger partial charge in [-0.1, -0.05) is 62.4 Å². The molecule has 0 aromatic heterocycles. The van der Waals surface area contributed by atoms with Crippen LogP contribution in [0.25, 0.3) is 0 Å². The number of hydrogen-bond donors (Lipinski definition) is 1. The molecule has 4 rings (SSSR count). The van der Waals surface area contributed by atoms with Crippen molar-refractivity contribution in [2.75, 3.05) is 26.3 Å². The maximum atomic E-state index is 13.1. The number of nitrogens with one attached hydrogen (secondary N) is 1. The molecule has 0 radical (unpaired) electrons. The Labute approximate surface area is 183 Å². The number of ether oxygens (including phenoxy) is 2. The molecule has 7 heteroatoms. The predicted octanol–water partition coefficient (Wildman–Crippen LogP) is 3.36. The van der Waals surface area contributed by atoms with Crippen molar-refractivity contribution >= 4 is 12.0 Å². The minimum Gasteiger partial charge on any atom is -0.436 e. The lowest BCUT2D eigenvalue weighted by atomic mass is 9.85. The summed E-state index contributed by atoms with van der Waals surface area (Å²) < 4.78 is 11.1. The van der Waals surface area contributed by atoms with Gasteiger partial charge in [0.25, 0.3) is 5.91 Å². The summed E-state index contributed by atoms with van der Waals surface area (Å²) in [5.74, 6) is 0.183. The zero-order valence-corrected chi connectivity index (χ0v) is 17.9. The van der Waals surface area contributed by atoms with E-state index < -0.39 is 17.7 Å². The van der Waals surface area contributed by atoms with E-state index in [-0.39, 0.29) is 11.8 Å². The van der Waals surface area contributed by atoms with Crippen molar-refractivity contribution in [2.45, 2.75) is 62.5 Å². The summed E-state index contributed by atoms with van der Waals surface area (Å²) in [6, 6.07) is 12.0. The second-order valence-corrected chi connectivity index (χ2v) is 8.95. The highest BCUT2D eigenvalue weighted by Crippen LogP contribution is 2.51. The number of carbonyl (C=O) groups excluding carboxylic acids is 2. The number of carbonyl (C=O) groups is 2. The highest BCUT2D eigenvalue weighted by atomic mass is 16.6. The van der Waals surface area contributed by atoms with Crippen LogP contribution in [-0.4, -0.2) is 54.8 Å². The number of alkyl carbamates (subject to hydrolysis) is 1. The number of rotatable bonds is 6. The van der Waals surface area contributed by atoms with Gasteiger partial charge in [-0.2, -0.15) is 5.26 Å². The van der Waals surface area contributed by atoms with Crippen LogP contribution in [0, 0.1) is 17.2 Å².